The minimum atomic E-state index is -0.295. The Kier molecular flexibility index (Phi) is 5.05. The molecule has 1 heterocycles. The Balaban J connectivity index is 1.67. The summed E-state index contributed by atoms with van der Waals surface area (Å²) >= 11 is 0. The van der Waals surface area contributed by atoms with E-state index in [1.54, 1.807) is 6.07 Å². The third-order valence-corrected chi connectivity index (χ3v) is 4.08. The molecule has 4 nitrogen and oxygen atoms in total. The molecule has 3 rings (SSSR count). The minimum Gasteiger partial charge on any atom is -0.465 e. The van der Waals surface area contributed by atoms with E-state index < -0.39 is 0 Å². The zero-order valence-electron chi connectivity index (χ0n) is 13.3. The fourth-order valence-corrected chi connectivity index (χ4v) is 2.89. The molecule has 2 aromatic rings. The fourth-order valence-electron chi connectivity index (χ4n) is 2.89. The molecule has 0 aliphatic carbocycles. The van der Waals surface area contributed by atoms with Crippen LogP contribution in [0.25, 0.3) is 0 Å². The summed E-state index contributed by atoms with van der Waals surface area (Å²) in [5, 5.41) is 0. The molecule has 1 fully saturated rings. The predicted octanol–water partition coefficient (Wildman–Crippen LogP) is 3.05. The van der Waals surface area contributed by atoms with Crippen molar-refractivity contribution in [2.75, 3.05) is 26.8 Å². The molecule has 1 aliphatic rings. The lowest BCUT2D eigenvalue weighted by Crippen LogP contribution is -2.37. The molecule has 2 aromatic carbocycles. The van der Waals surface area contributed by atoms with E-state index in [0.717, 1.165) is 31.8 Å². The summed E-state index contributed by atoms with van der Waals surface area (Å²) in [7, 11) is 1.40. The Bertz CT molecular complexity index is 657. The van der Waals surface area contributed by atoms with Crippen molar-refractivity contribution in [1.29, 1.82) is 0 Å². The van der Waals surface area contributed by atoms with Crippen LogP contribution in [0, 0.1) is 0 Å². The molecule has 0 aromatic heterocycles. The number of carbonyl (C=O) groups is 1. The van der Waals surface area contributed by atoms with Crippen molar-refractivity contribution in [2.24, 2.45) is 0 Å². The zero-order valence-corrected chi connectivity index (χ0v) is 13.3. The van der Waals surface area contributed by atoms with Gasteiger partial charge in [0.05, 0.1) is 25.4 Å². The van der Waals surface area contributed by atoms with Gasteiger partial charge < -0.3 is 9.47 Å². The largest absolute Gasteiger partial charge is 0.465 e. The van der Waals surface area contributed by atoms with Gasteiger partial charge in [0.15, 0.2) is 0 Å². The van der Waals surface area contributed by atoms with Crippen LogP contribution < -0.4 is 0 Å². The second-order valence-electron chi connectivity index (χ2n) is 5.70. The van der Waals surface area contributed by atoms with Crippen molar-refractivity contribution in [2.45, 2.75) is 12.6 Å². The van der Waals surface area contributed by atoms with Gasteiger partial charge in [0.1, 0.15) is 0 Å². The van der Waals surface area contributed by atoms with E-state index in [-0.39, 0.29) is 12.1 Å². The topological polar surface area (TPSA) is 38.8 Å². The van der Waals surface area contributed by atoms with Gasteiger partial charge in [-0.15, -0.1) is 0 Å². The standard InChI is InChI=1S/C19H21NO3/c1-22-19(21)17-9-5-6-15(12-17)13-20-10-11-23-18(14-20)16-7-3-2-4-8-16/h2-9,12,18H,10-11,13-14H2,1H3. The summed E-state index contributed by atoms with van der Waals surface area (Å²) in [5.74, 6) is -0.295. The first-order valence-corrected chi connectivity index (χ1v) is 7.82. The van der Waals surface area contributed by atoms with Gasteiger partial charge in [-0.1, -0.05) is 42.5 Å². The van der Waals surface area contributed by atoms with E-state index in [1.807, 2.05) is 36.4 Å². The molecule has 0 bridgehead atoms. The Hall–Kier alpha value is -2.17. The predicted molar refractivity (Wildman–Crippen MR) is 88.2 cm³/mol. The summed E-state index contributed by atoms with van der Waals surface area (Å²) in [5.41, 5.74) is 2.92. The van der Waals surface area contributed by atoms with Gasteiger partial charge in [-0.25, -0.2) is 4.79 Å². The number of ether oxygens (including phenoxy) is 2. The molecule has 1 saturated heterocycles. The van der Waals surface area contributed by atoms with Crippen molar-refractivity contribution < 1.29 is 14.3 Å². The van der Waals surface area contributed by atoms with Gasteiger partial charge in [-0.3, -0.25) is 4.90 Å². The number of carbonyl (C=O) groups excluding carboxylic acids is 1. The van der Waals surface area contributed by atoms with E-state index in [2.05, 4.69) is 17.0 Å². The van der Waals surface area contributed by atoms with E-state index in [1.165, 1.54) is 12.7 Å². The molecule has 0 radical (unpaired) electrons. The van der Waals surface area contributed by atoms with Crippen LogP contribution in [-0.4, -0.2) is 37.7 Å². The molecule has 4 heteroatoms. The molecule has 0 spiro atoms. The van der Waals surface area contributed by atoms with Crippen molar-refractivity contribution in [3.8, 4) is 0 Å². The Morgan fingerprint density at radius 1 is 1.22 bits per heavy atom. The highest BCUT2D eigenvalue weighted by Crippen LogP contribution is 2.23. The SMILES string of the molecule is COC(=O)c1cccc(CN2CCOC(c3ccccc3)C2)c1. The first-order valence-electron chi connectivity index (χ1n) is 7.82. The number of benzene rings is 2. The average Bonchev–Trinajstić information content (AvgIpc) is 2.62. The van der Waals surface area contributed by atoms with Crippen LogP contribution in [-0.2, 0) is 16.0 Å². The maximum absolute atomic E-state index is 11.6. The highest BCUT2D eigenvalue weighted by atomic mass is 16.5. The van der Waals surface area contributed by atoms with Gasteiger partial charge in [0.2, 0.25) is 0 Å². The second kappa shape index (κ2) is 7.40. The maximum Gasteiger partial charge on any atom is 0.337 e. The Labute approximate surface area is 136 Å². The maximum atomic E-state index is 11.6. The number of esters is 1. The molecule has 120 valence electrons. The van der Waals surface area contributed by atoms with E-state index in [9.17, 15) is 4.79 Å². The minimum absolute atomic E-state index is 0.105. The van der Waals surface area contributed by atoms with Crippen molar-refractivity contribution >= 4 is 5.97 Å². The van der Waals surface area contributed by atoms with Gasteiger partial charge in [0, 0.05) is 19.6 Å². The monoisotopic (exact) mass is 311 g/mol. The smallest absolute Gasteiger partial charge is 0.337 e. The third-order valence-electron chi connectivity index (χ3n) is 4.08. The van der Waals surface area contributed by atoms with Crippen LogP contribution >= 0.6 is 0 Å². The second-order valence-corrected chi connectivity index (χ2v) is 5.70. The van der Waals surface area contributed by atoms with Crippen LogP contribution in [0.2, 0.25) is 0 Å². The summed E-state index contributed by atoms with van der Waals surface area (Å²) < 4.78 is 10.7. The molecule has 23 heavy (non-hydrogen) atoms. The summed E-state index contributed by atoms with van der Waals surface area (Å²) in [4.78, 5) is 14.0. The molecule has 0 saturated carbocycles. The van der Waals surface area contributed by atoms with Crippen LogP contribution in [0.4, 0.5) is 0 Å². The number of hydrogen-bond donors (Lipinski definition) is 0. The number of methoxy groups -OCH3 is 1. The van der Waals surface area contributed by atoms with Gasteiger partial charge in [-0.2, -0.15) is 0 Å². The lowest BCUT2D eigenvalue weighted by Gasteiger charge is -2.33. The first kappa shape index (κ1) is 15.7. The Morgan fingerprint density at radius 2 is 2.04 bits per heavy atom. The van der Waals surface area contributed by atoms with Crippen molar-refractivity contribution in [3.05, 3.63) is 71.3 Å². The van der Waals surface area contributed by atoms with E-state index >= 15 is 0 Å². The summed E-state index contributed by atoms with van der Waals surface area (Å²) in [6.45, 7) is 3.27. The summed E-state index contributed by atoms with van der Waals surface area (Å²) in [6, 6.07) is 17.9. The Morgan fingerprint density at radius 3 is 2.83 bits per heavy atom. The van der Waals surface area contributed by atoms with Crippen LogP contribution in [0.5, 0.6) is 0 Å². The zero-order chi connectivity index (χ0) is 16.1. The lowest BCUT2D eigenvalue weighted by molar-refractivity contribution is -0.0329. The van der Waals surface area contributed by atoms with Crippen LogP contribution in [0.15, 0.2) is 54.6 Å². The average molecular weight is 311 g/mol. The van der Waals surface area contributed by atoms with Gasteiger partial charge in [-0.05, 0) is 23.3 Å². The molecule has 1 aliphatic heterocycles. The quantitative estimate of drug-likeness (QED) is 0.814. The number of rotatable bonds is 4. The highest BCUT2D eigenvalue weighted by molar-refractivity contribution is 5.89. The van der Waals surface area contributed by atoms with Gasteiger partial charge >= 0.3 is 5.97 Å². The van der Waals surface area contributed by atoms with Crippen LogP contribution in [0.3, 0.4) is 0 Å². The molecule has 0 N–H and O–H groups in total. The van der Waals surface area contributed by atoms with Crippen LogP contribution in [0.1, 0.15) is 27.6 Å². The number of morpholine rings is 1. The van der Waals surface area contributed by atoms with Crippen molar-refractivity contribution in [1.82, 2.24) is 4.90 Å². The van der Waals surface area contributed by atoms with E-state index in [0.29, 0.717) is 5.56 Å². The summed E-state index contributed by atoms with van der Waals surface area (Å²) in [6.07, 6.45) is 0.105. The highest BCUT2D eigenvalue weighted by Gasteiger charge is 2.22. The van der Waals surface area contributed by atoms with E-state index in [4.69, 9.17) is 9.47 Å². The van der Waals surface area contributed by atoms with Crippen molar-refractivity contribution in [3.63, 3.8) is 0 Å². The molecule has 1 unspecified atom stereocenters. The molecular weight excluding hydrogens is 290 g/mol. The molecule has 0 amide bonds. The normalized spacial score (nSPS) is 18.6. The first-order chi connectivity index (χ1) is 11.3. The molecular formula is C19H21NO3. The number of nitrogens with zero attached hydrogens (tertiary/aromatic N) is 1. The number of hydrogen-bond acceptors (Lipinski definition) is 4. The lowest BCUT2D eigenvalue weighted by atomic mass is 10.1. The molecule has 1 atom stereocenters. The third kappa shape index (κ3) is 3.97. The van der Waals surface area contributed by atoms with Gasteiger partial charge in [0.25, 0.3) is 0 Å². The fraction of sp³-hybridized carbons (Fsp3) is 0.316.